The van der Waals surface area contributed by atoms with Gasteiger partial charge in [-0.1, -0.05) is 63.2 Å². The van der Waals surface area contributed by atoms with Crippen LogP contribution < -0.4 is 4.43 Å². The molecule has 0 radical (unpaired) electrons. The van der Waals surface area contributed by atoms with Crippen molar-refractivity contribution in [2.45, 2.75) is 70.9 Å². The molecule has 1 fully saturated rings. The number of rotatable bonds is 9. The third-order valence-corrected chi connectivity index (χ3v) is 13.6. The lowest BCUT2D eigenvalue weighted by molar-refractivity contribution is 0.0306. The SMILES string of the molecule is C=CCN1C[C@H](C)N([C@H](c2ccc(-c3nc(C=O)cs3)cc2)c2cccc(O[Si](C)(C)C(C)(C)C)c2)C[C@H]1C. The molecule has 0 N–H and O–H groups in total. The number of piperazine rings is 1. The molecule has 2 heterocycles. The number of aromatic nitrogens is 1. The molecule has 0 bridgehead atoms. The van der Waals surface area contributed by atoms with E-state index in [4.69, 9.17) is 4.43 Å². The molecule has 0 aliphatic carbocycles. The predicted octanol–water partition coefficient (Wildman–Crippen LogP) is 7.68. The Morgan fingerprint density at radius 1 is 1.10 bits per heavy atom. The Labute approximate surface area is 239 Å². The average molecular weight is 562 g/mol. The van der Waals surface area contributed by atoms with Crippen LogP contribution in [0.15, 0.2) is 66.6 Å². The monoisotopic (exact) mass is 561 g/mol. The maximum Gasteiger partial charge on any atom is 0.250 e. The topological polar surface area (TPSA) is 45.7 Å². The number of hydrogen-bond donors (Lipinski definition) is 0. The van der Waals surface area contributed by atoms with Crippen molar-refractivity contribution < 1.29 is 9.22 Å². The van der Waals surface area contributed by atoms with E-state index in [2.05, 4.69) is 118 Å². The lowest BCUT2D eigenvalue weighted by Crippen LogP contribution is -2.57. The largest absolute Gasteiger partial charge is 0.543 e. The molecule has 7 heteroatoms. The fraction of sp³-hybridized carbons (Fsp3) is 0.438. The Balaban J connectivity index is 1.72. The summed E-state index contributed by atoms with van der Waals surface area (Å²) in [5, 5.41) is 2.80. The molecule has 0 unspecified atom stereocenters. The third kappa shape index (κ3) is 6.60. The Morgan fingerprint density at radius 3 is 2.44 bits per heavy atom. The van der Waals surface area contributed by atoms with E-state index in [-0.39, 0.29) is 11.1 Å². The van der Waals surface area contributed by atoms with Crippen LogP contribution in [0.1, 0.15) is 62.3 Å². The fourth-order valence-electron chi connectivity index (χ4n) is 5.06. The van der Waals surface area contributed by atoms with Crippen LogP contribution >= 0.6 is 11.3 Å². The van der Waals surface area contributed by atoms with Gasteiger partial charge in [0, 0.05) is 42.7 Å². The number of nitrogens with zero attached hydrogens (tertiary/aromatic N) is 3. The first kappa shape index (κ1) is 29.4. The van der Waals surface area contributed by atoms with Crippen molar-refractivity contribution in [1.82, 2.24) is 14.8 Å². The van der Waals surface area contributed by atoms with Crippen molar-refractivity contribution in [3.05, 3.63) is 83.4 Å². The number of benzene rings is 2. The van der Waals surface area contributed by atoms with Gasteiger partial charge in [-0.2, -0.15) is 0 Å². The molecule has 1 aromatic heterocycles. The van der Waals surface area contributed by atoms with Gasteiger partial charge in [-0.3, -0.25) is 14.6 Å². The minimum absolute atomic E-state index is 0.0900. The van der Waals surface area contributed by atoms with Crippen LogP contribution in [0.2, 0.25) is 18.1 Å². The minimum atomic E-state index is -1.97. The smallest absolute Gasteiger partial charge is 0.250 e. The van der Waals surface area contributed by atoms with Crippen LogP contribution in [0.25, 0.3) is 10.6 Å². The van der Waals surface area contributed by atoms with E-state index < -0.39 is 8.32 Å². The zero-order chi connectivity index (χ0) is 28.4. The zero-order valence-corrected chi connectivity index (χ0v) is 26.3. The van der Waals surface area contributed by atoms with Gasteiger partial charge in [0.15, 0.2) is 6.29 Å². The number of carbonyl (C=O) groups is 1. The van der Waals surface area contributed by atoms with Crippen molar-refractivity contribution >= 4 is 25.9 Å². The van der Waals surface area contributed by atoms with Crippen molar-refractivity contribution in [1.29, 1.82) is 0 Å². The summed E-state index contributed by atoms with van der Waals surface area (Å²) in [7, 11) is -1.97. The van der Waals surface area contributed by atoms with Crippen LogP contribution in [0, 0.1) is 0 Å². The number of hydrogen-bond acceptors (Lipinski definition) is 6. The maximum absolute atomic E-state index is 11.1. The summed E-state index contributed by atoms with van der Waals surface area (Å²) in [5.41, 5.74) is 4.00. The highest BCUT2D eigenvalue weighted by Gasteiger charge is 2.39. The maximum atomic E-state index is 11.1. The van der Waals surface area contributed by atoms with E-state index in [9.17, 15) is 4.79 Å². The van der Waals surface area contributed by atoms with Crippen molar-refractivity contribution in [2.75, 3.05) is 19.6 Å². The van der Waals surface area contributed by atoms with Crippen LogP contribution in [-0.4, -0.2) is 61.1 Å². The standard InChI is InChI=1S/C32H43N3O2SSi/c1-9-17-34-19-24(3)35(20-23(34)2)30(25-13-15-26(16-14-25)31-33-28(21-36)22-38-31)27-11-10-12-29(18-27)37-39(7,8)32(4,5)6/h9-16,18,21-24,30H,1,17,19-20H2,2-8H3/t23-,24+,30-/m1/s1. The van der Waals surface area contributed by atoms with Gasteiger partial charge in [0.1, 0.15) is 16.5 Å². The van der Waals surface area contributed by atoms with E-state index in [0.717, 1.165) is 42.2 Å². The van der Waals surface area contributed by atoms with Crippen molar-refractivity contribution in [3.63, 3.8) is 0 Å². The molecular formula is C32H43N3O2SSi. The van der Waals surface area contributed by atoms with Gasteiger partial charge in [0.05, 0.1) is 6.04 Å². The molecule has 4 rings (SSSR count). The van der Waals surface area contributed by atoms with E-state index in [1.807, 2.05) is 6.08 Å². The molecule has 3 aromatic rings. The Kier molecular flexibility index (Phi) is 8.96. The molecule has 1 aliphatic heterocycles. The van der Waals surface area contributed by atoms with Gasteiger partial charge in [-0.15, -0.1) is 17.9 Å². The van der Waals surface area contributed by atoms with Crippen molar-refractivity contribution in [2.24, 2.45) is 0 Å². The Hall–Kier alpha value is -2.58. The van der Waals surface area contributed by atoms with Crippen LogP contribution in [0.3, 0.4) is 0 Å². The number of thiazole rings is 1. The van der Waals surface area contributed by atoms with Gasteiger partial charge in [-0.25, -0.2) is 4.98 Å². The van der Waals surface area contributed by atoms with Gasteiger partial charge in [0.25, 0.3) is 0 Å². The first-order valence-corrected chi connectivity index (χ1v) is 17.6. The normalized spacial score (nSPS) is 20.0. The molecule has 0 saturated carbocycles. The number of carbonyl (C=O) groups excluding carboxylic acids is 1. The van der Waals surface area contributed by atoms with Crippen LogP contribution in [-0.2, 0) is 0 Å². The summed E-state index contributed by atoms with van der Waals surface area (Å²) in [6, 6.07) is 18.3. The second kappa shape index (κ2) is 11.9. The number of aldehydes is 1. The predicted molar refractivity (Wildman–Crippen MR) is 166 cm³/mol. The lowest BCUT2D eigenvalue weighted by atomic mass is 9.93. The second-order valence-corrected chi connectivity index (χ2v) is 17.9. The fourth-order valence-corrected chi connectivity index (χ4v) is 6.85. The molecular weight excluding hydrogens is 519 g/mol. The van der Waals surface area contributed by atoms with Gasteiger partial charge in [-0.05, 0) is 55.2 Å². The summed E-state index contributed by atoms with van der Waals surface area (Å²) in [6.07, 6.45) is 2.81. The molecule has 1 aliphatic rings. The molecule has 3 atom stereocenters. The third-order valence-electron chi connectivity index (χ3n) is 8.33. The zero-order valence-electron chi connectivity index (χ0n) is 24.5. The summed E-state index contributed by atoms with van der Waals surface area (Å²) < 4.78 is 6.73. The average Bonchev–Trinajstić information content (AvgIpc) is 3.36. The Morgan fingerprint density at radius 2 is 1.82 bits per heavy atom. The van der Waals surface area contributed by atoms with Crippen LogP contribution in [0.5, 0.6) is 5.75 Å². The first-order chi connectivity index (χ1) is 18.4. The summed E-state index contributed by atoms with van der Waals surface area (Å²) in [5.74, 6) is 0.955. The summed E-state index contributed by atoms with van der Waals surface area (Å²) in [6.45, 7) is 22.9. The molecule has 208 valence electrons. The minimum Gasteiger partial charge on any atom is -0.543 e. The van der Waals surface area contributed by atoms with Crippen molar-refractivity contribution in [3.8, 4) is 16.3 Å². The van der Waals surface area contributed by atoms with E-state index >= 15 is 0 Å². The highest BCUT2D eigenvalue weighted by molar-refractivity contribution is 7.13. The first-order valence-electron chi connectivity index (χ1n) is 13.8. The van der Waals surface area contributed by atoms with E-state index in [0.29, 0.717) is 17.8 Å². The van der Waals surface area contributed by atoms with Gasteiger partial charge >= 0.3 is 0 Å². The lowest BCUT2D eigenvalue weighted by Gasteiger charge is -2.47. The highest BCUT2D eigenvalue weighted by atomic mass is 32.1. The van der Waals surface area contributed by atoms with Crippen LogP contribution in [0.4, 0.5) is 0 Å². The van der Waals surface area contributed by atoms with Gasteiger partial charge in [0.2, 0.25) is 8.32 Å². The molecule has 1 saturated heterocycles. The summed E-state index contributed by atoms with van der Waals surface area (Å²) in [4.78, 5) is 20.7. The quantitative estimate of drug-likeness (QED) is 0.152. The van der Waals surface area contributed by atoms with E-state index in [1.54, 1.807) is 5.38 Å². The molecule has 0 amide bonds. The molecule has 0 spiro atoms. The highest BCUT2D eigenvalue weighted by Crippen LogP contribution is 2.40. The molecule has 2 aromatic carbocycles. The molecule has 39 heavy (non-hydrogen) atoms. The summed E-state index contributed by atoms with van der Waals surface area (Å²) >= 11 is 1.50. The van der Waals surface area contributed by atoms with E-state index in [1.165, 1.54) is 22.5 Å². The van der Waals surface area contributed by atoms with Gasteiger partial charge < -0.3 is 4.43 Å². The molecule has 5 nitrogen and oxygen atoms in total. The second-order valence-electron chi connectivity index (χ2n) is 12.3. The Bertz CT molecular complexity index is 1280.